The zero-order chi connectivity index (χ0) is 19.3. The molecule has 0 spiro atoms. The highest BCUT2D eigenvalue weighted by Crippen LogP contribution is 2.35. The first-order chi connectivity index (χ1) is 12.7. The molecule has 3 heterocycles. The average molecular weight is 421 g/mol. The molecule has 6 nitrogen and oxygen atoms in total. The van der Waals surface area contributed by atoms with Gasteiger partial charge in [-0.05, 0) is 30.3 Å². The lowest BCUT2D eigenvalue weighted by molar-refractivity contribution is 0.542. The summed E-state index contributed by atoms with van der Waals surface area (Å²) in [6.45, 7) is 5.73. The number of hydrogen-bond donors (Lipinski definition) is 0. The predicted octanol–water partition coefficient (Wildman–Crippen LogP) is 5.08. The van der Waals surface area contributed by atoms with Gasteiger partial charge in [0, 0.05) is 16.0 Å². The van der Waals surface area contributed by atoms with Gasteiger partial charge in [-0.2, -0.15) is 4.52 Å². The molecule has 0 amide bonds. The molecule has 0 unspecified atom stereocenters. The molecule has 27 heavy (non-hydrogen) atoms. The topological polar surface area (TPSA) is 73.3 Å². The van der Waals surface area contributed by atoms with Gasteiger partial charge in [-0.1, -0.05) is 55.3 Å². The van der Waals surface area contributed by atoms with Crippen LogP contribution in [0.15, 0.2) is 39.5 Å². The van der Waals surface area contributed by atoms with Gasteiger partial charge in [0.05, 0.1) is 5.02 Å². The van der Waals surface area contributed by atoms with E-state index in [0.29, 0.717) is 42.8 Å². The van der Waals surface area contributed by atoms with E-state index in [0.717, 1.165) is 0 Å². The molecule has 9 heteroatoms. The van der Waals surface area contributed by atoms with Gasteiger partial charge in [0.25, 0.3) is 5.56 Å². The van der Waals surface area contributed by atoms with Crippen molar-refractivity contribution in [2.75, 3.05) is 0 Å². The summed E-state index contributed by atoms with van der Waals surface area (Å²) in [6.07, 6.45) is 0. The summed E-state index contributed by atoms with van der Waals surface area (Å²) in [7, 11) is 0. The molecule has 4 rings (SSSR count). The van der Waals surface area contributed by atoms with Crippen LogP contribution < -0.4 is 5.56 Å². The third-order valence-corrected chi connectivity index (χ3v) is 5.39. The normalized spacial score (nSPS) is 12.0. The second-order valence-electron chi connectivity index (χ2n) is 6.99. The zero-order valence-electron chi connectivity index (χ0n) is 14.7. The Labute approximate surface area is 168 Å². The Bertz CT molecular complexity index is 1220. The van der Waals surface area contributed by atoms with Crippen LogP contribution in [0.3, 0.4) is 0 Å². The van der Waals surface area contributed by atoms with Crippen LogP contribution in [0, 0.1) is 0 Å². The Morgan fingerprint density at radius 3 is 2.56 bits per heavy atom. The van der Waals surface area contributed by atoms with Gasteiger partial charge < -0.3 is 4.42 Å². The van der Waals surface area contributed by atoms with E-state index >= 15 is 0 Å². The molecule has 0 radical (unpaired) electrons. The molecule has 0 atom stereocenters. The Morgan fingerprint density at radius 2 is 1.81 bits per heavy atom. The second kappa shape index (κ2) is 6.44. The van der Waals surface area contributed by atoms with Crippen molar-refractivity contribution in [3.05, 3.63) is 56.4 Å². The number of aromatic nitrogens is 4. The van der Waals surface area contributed by atoms with Crippen molar-refractivity contribution < 1.29 is 4.42 Å². The Balaban J connectivity index is 1.80. The number of fused-ring (bicyclic) bond motifs is 1. The minimum absolute atomic E-state index is 0.278. The second-order valence-corrected chi connectivity index (χ2v) is 8.79. The van der Waals surface area contributed by atoms with E-state index in [4.69, 9.17) is 27.6 Å². The minimum atomic E-state index is -0.420. The van der Waals surface area contributed by atoms with Gasteiger partial charge in [0.1, 0.15) is 11.5 Å². The first kappa shape index (κ1) is 18.2. The van der Waals surface area contributed by atoms with Crippen molar-refractivity contribution >= 4 is 39.5 Å². The molecular weight excluding hydrogens is 407 g/mol. The molecule has 138 valence electrons. The van der Waals surface area contributed by atoms with E-state index in [-0.39, 0.29) is 5.56 Å². The summed E-state index contributed by atoms with van der Waals surface area (Å²) in [5.41, 5.74) is 0.349. The maximum atomic E-state index is 12.7. The van der Waals surface area contributed by atoms with Crippen molar-refractivity contribution in [2.24, 2.45) is 0 Å². The summed E-state index contributed by atoms with van der Waals surface area (Å²) < 4.78 is 7.17. The summed E-state index contributed by atoms with van der Waals surface area (Å²) in [5.74, 6) is 1.07. The Morgan fingerprint density at radius 1 is 1.07 bits per heavy atom. The van der Waals surface area contributed by atoms with E-state index in [1.165, 1.54) is 15.9 Å². The molecule has 0 fully saturated rings. The highest BCUT2D eigenvalue weighted by atomic mass is 35.5. The van der Waals surface area contributed by atoms with E-state index in [2.05, 4.69) is 15.3 Å². The molecule has 3 aromatic heterocycles. The third-order valence-electron chi connectivity index (χ3n) is 3.91. The number of hydrogen-bond acceptors (Lipinski definition) is 6. The summed E-state index contributed by atoms with van der Waals surface area (Å²) in [5, 5.41) is 14.2. The quantitative estimate of drug-likeness (QED) is 0.452. The monoisotopic (exact) mass is 420 g/mol. The zero-order valence-corrected chi connectivity index (χ0v) is 17.0. The smallest absolute Gasteiger partial charge is 0.297 e. The molecule has 1 aromatic carbocycles. The van der Waals surface area contributed by atoms with Gasteiger partial charge in [-0.3, -0.25) is 4.79 Å². The van der Waals surface area contributed by atoms with Crippen LogP contribution in [-0.4, -0.2) is 19.8 Å². The van der Waals surface area contributed by atoms with Crippen LogP contribution in [0.5, 0.6) is 0 Å². The van der Waals surface area contributed by atoms with Crippen LogP contribution in [0.4, 0.5) is 0 Å². The van der Waals surface area contributed by atoms with Crippen molar-refractivity contribution in [1.29, 1.82) is 0 Å². The summed E-state index contributed by atoms with van der Waals surface area (Å²) in [6, 6.07) is 8.71. The number of rotatable bonds is 2. The molecule has 0 aliphatic heterocycles. The highest BCUT2D eigenvalue weighted by Gasteiger charge is 2.23. The molecule has 0 N–H and O–H groups in total. The SMILES string of the molecule is CC(C)(C)c1nnc2sc(-c3ccc(-c4cc(Cl)ccc4Cl)o3)nn2c1=O. The lowest BCUT2D eigenvalue weighted by Gasteiger charge is -2.14. The van der Waals surface area contributed by atoms with Crippen LogP contribution in [0.25, 0.3) is 27.1 Å². The number of nitrogens with zero attached hydrogens (tertiary/aromatic N) is 4. The summed E-state index contributed by atoms with van der Waals surface area (Å²) in [4.78, 5) is 13.1. The van der Waals surface area contributed by atoms with Gasteiger partial charge in [-0.25, -0.2) is 0 Å². The maximum absolute atomic E-state index is 12.7. The first-order valence-electron chi connectivity index (χ1n) is 8.07. The highest BCUT2D eigenvalue weighted by molar-refractivity contribution is 7.19. The lowest BCUT2D eigenvalue weighted by atomic mass is 9.93. The minimum Gasteiger partial charge on any atom is -0.453 e. The van der Waals surface area contributed by atoms with Crippen molar-refractivity contribution in [3.8, 4) is 22.1 Å². The van der Waals surface area contributed by atoms with E-state index in [9.17, 15) is 4.79 Å². The van der Waals surface area contributed by atoms with Crippen LogP contribution in [0.2, 0.25) is 10.0 Å². The van der Waals surface area contributed by atoms with Crippen LogP contribution in [-0.2, 0) is 5.41 Å². The molecule has 4 aromatic rings. The fraction of sp³-hybridized carbons (Fsp3) is 0.222. The molecule has 0 saturated carbocycles. The summed E-state index contributed by atoms with van der Waals surface area (Å²) >= 11 is 13.5. The maximum Gasteiger partial charge on any atom is 0.297 e. The van der Waals surface area contributed by atoms with E-state index in [1.807, 2.05) is 20.8 Å². The predicted molar refractivity (Wildman–Crippen MR) is 107 cm³/mol. The first-order valence-corrected chi connectivity index (χ1v) is 9.64. The average Bonchev–Trinajstić information content (AvgIpc) is 3.23. The fourth-order valence-corrected chi connectivity index (χ4v) is 3.75. The van der Waals surface area contributed by atoms with E-state index < -0.39 is 5.41 Å². The third kappa shape index (κ3) is 3.26. The molecule has 0 saturated heterocycles. The number of furan rings is 1. The number of halogens is 2. The van der Waals surface area contributed by atoms with E-state index in [1.54, 1.807) is 30.3 Å². The largest absolute Gasteiger partial charge is 0.453 e. The van der Waals surface area contributed by atoms with Gasteiger partial charge >= 0.3 is 0 Å². The van der Waals surface area contributed by atoms with Crippen LogP contribution >= 0.6 is 34.5 Å². The van der Waals surface area contributed by atoms with Gasteiger partial charge in [0.15, 0.2) is 10.8 Å². The van der Waals surface area contributed by atoms with Gasteiger partial charge in [-0.15, -0.1) is 15.3 Å². The van der Waals surface area contributed by atoms with Crippen molar-refractivity contribution in [3.63, 3.8) is 0 Å². The van der Waals surface area contributed by atoms with Crippen molar-refractivity contribution in [2.45, 2.75) is 26.2 Å². The standard InChI is InChI=1S/C18H14Cl2N4O2S/c1-18(2,3)14-16(25)24-17(22-21-14)27-15(23-24)13-7-6-12(26-13)10-8-9(19)4-5-11(10)20/h4-8H,1-3H3. The fourth-order valence-electron chi connectivity index (χ4n) is 2.57. The number of benzene rings is 1. The molecular formula is C18H14Cl2N4O2S. The van der Waals surface area contributed by atoms with Crippen LogP contribution in [0.1, 0.15) is 26.5 Å². The lowest BCUT2D eigenvalue weighted by Crippen LogP contribution is -2.30. The molecule has 0 aliphatic carbocycles. The van der Waals surface area contributed by atoms with Gasteiger partial charge in [0.2, 0.25) is 4.96 Å². The molecule has 0 aliphatic rings. The molecule has 0 bridgehead atoms. The Kier molecular flexibility index (Phi) is 4.33. The van der Waals surface area contributed by atoms with Crippen molar-refractivity contribution in [1.82, 2.24) is 19.8 Å². The Hall–Kier alpha value is -2.22.